The highest BCUT2D eigenvalue weighted by Crippen LogP contribution is 2.64. The van der Waals surface area contributed by atoms with Gasteiger partial charge in [-0.15, -0.1) is 0 Å². The van der Waals surface area contributed by atoms with E-state index < -0.39 is 5.41 Å². The van der Waals surface area contributed by atoms with Gasteiger partial charge in [-0.2, -0.15) is 0 Å². The second kappa shape index (κ2) is 14.2. The average Bonchev–Trinajstić information content (AvgIpc) is 3.76. The standard InChI is InChI=1S/C61H46N2/c1-39-24-30-59(42(4)31-39)62(47-15-7-5-8-16-47)49-28-26-43-35-53-54-36-44-27-29-50(63(48-17-9-6-10-18-48)60-32-40(2)23-25-41(60)3)34-46(44)38-58(54)61(57(53)37-45(43)33-49)55-21-13-11-19-51(55)52-20-12-14-22-56(52)61/h5-38H,1-4H3. The molecular formula is C61H46N2. The number of rotatable bonds is 6. The quantitative estimate of drug-likeness (QED) is 0.165. The maximum atomic E-state index is 2.52. The summed E-state index contributed by atoms with van der Waals surface area (Å²) in [6.45, 7) is 8.78. The largest absolute Gasteiger partial charge is 0.310 e. The smallest absolute Gasteiger partial charge is 0.0725 e. The molecule has 12 rings (SSSR count). The molecule has 0 amide bonds. The Morgan fingerprint density at radius 3 is 1.30 bits per heavy atom. The van der Waals surface area contributed by atoms with Gasteiger partial charge in [-0.1, -0.05) is 127 Å². The zero-order valence-electron chi connectivity index (χ0n) is 36.0. The molecule has 0 saturated heterocycles. The van der Waals surface area contributed by atoms with Crippen LogP contribution in [0.15, 0.2) is 206 Å². The Kier molecular flexibility index (Phi) is 8.36. The fourth-order valence-electron chi connectivity index (χ4n) is 10.9. The van der Waals surface area contributed by atoms with Crippen LogP contribution in [0.25, 0.3) is 43.8 Å². The molecule has 0 unspecified atom stereocenters. The lowest BCUT2D eigenvalue weighted by Crippen LogP contribution is -2.25. The highest BCUT2D eigenvalue weighted by Gasteiger charge is 2.51. The van der Waals surface area contributed by atoms with Crippen LogP contribution in [0, 0.1) is 27.7 Å². The Bertz CT molecular complexity index is 3410. The fourth-order valence-corrected chi connectivity index (χ4v) is 10.9. The van der Waals surface area contributed by atoms with Gasteiger partial charge in [-0.25, -0.2) is 0 Å². The van der Waals surface area contributed by atoms with Crippen molar-refractivity contribution < 1.29 is 0 Å². The molecule has 0 bridgehead atoms. The Labute approximate surface area is 370 Å². The van der Waals surface area contributed by atoms with E-state index >= 15 is 0 Å². The maximum Gasteiger partial charge on any atom is 0.0725 e. The van der Waals surface area contributed by atoms with Gasteiger partial charge in [0.2, 0.25) is 0 Å². The highest BCUT2D eigenvalue weighted by molar-refractivity contribution is 6.04. The van der Waals surface area contributed by atoms with Crippen LogP contribution >= 0.6 is 0 Å². The average molecular weight is 807 g/mol. The molecule has 1 spiro atoms. The summed E-state index contributed by atoms with van der Waals surface area (Å²) >= 11 is 0. The number of fused-ring (bicyclic) bond motifs is 12. The summed E-state index contributed by atoms with van der Waals surface area (Å²) in [7, 11) is 0. The van der Waals surface area contributed by atoms with E-state index in [1.807, 2.05) is 0 Å². The summed E-state index contributed by atoms with van der Waals surface area (Å²) < 4.78 is 0. The minimum Gasteiger partial charge on any atom is -0.310 e. The predicted molar refractivity (Wildman–Crippen MR) is 266 cm³/mol. The van der Waals surface area contributed by atoms with Crippen molar-refractivity contribution in [3.63, 3.8) is 0 Å². The van der Waals surface area contributed by atoms with E-state index in [4.69, 9.17) is 0 Å². The monoisotopic (exact) mass is 806 g/mol. The first-order valence-electron chi connectivity index (χ1n) is 22.1. The third-order valence-corrected chi connectivity index (χ3v) is 13.7. The number of aryl methyl sites for hydroxylation is 4. The topological polar surface area (TPSA) is 6.48 Å². The molecule has 2 heteroatoms. The van der Waals surface area contributed by atoms with Crippen molar-refractivity contribution in [1.29, 1.82) is 0 Å². The Balaban J connectivity index is 1.10. The Hall–Kier alpha value is -7.68. The van der Waals surface area contributed by atoms with Crippen LogP contribution in [-0.4, -0.2) is 0 Å². The van der Waals surface area contributed by atoms with Gasteiger partial charge in [-0.05, 0) is 195 Å². The van der Waals surface area contributed by atoms with Crippen LogP contribution in [0.5, 0.6) is 0 Å². The van der Waals surface area contributed by atoms with Gasteiger partial charge >= 0.3 is 0 Å². The maximum absolute atomic E-state index is 2.52. The highest BCUT2D eigenvalue weighted by atomic mass is 15.1. The van der Waals surface area contributed by atoms with E-state index in [1.54, 1.807) is 0 Å². The van der Waals surface area contributed by atoms with E-state index in [1.165, 1.54) is 99.7 Å². The van der Waals surface area contributed by atoms with Crippen molar-refractivity contribution in [1.82, 2.24) is 0 Å². The van der Waals surface area contributed by atoms with E-state index in [2.05, 4.69) is 244 Å². The van der Waals surface area contributed by atoms with Crippen LogP contribution < -0.4 is 9.80 Å². The first-order chi connectivity index (χ1) is 30.9. The SMILES string of the molecule is Cc1ccc(N(c2ccccc2)c2ccc3cc4c(cc3c2)C2(c3ccccc3-c3ccccc32)c2cc3cc(N(c5ccccc5)c5cc(C)ccc5C)ccc3cc2-4)c(C)c1. The lowest BCUT2D eigenvalue weighted by Gasteiger charge is -2.31. The third kappa shape index (κ3) is 5.64. The van der Waals surface area contributed by atoms with Crippen molar-refractivity contribution >= 4 is 55.7 Å². The molecule has 0 N–H and O–H groups in total. The molecule has 0 aromatic heterocycles. The van der Waals surface area contributed by atoms with Crippen LogP contribution in [0.1, 0.15) is 44.5 Å². The van der Waals surface area contributed by atoms with Gasteiger partial charge in [0, 0.05) is 34.1 Å². The third-order valence-electron chi connectivity index (χ3n) is 13.7. The summed E-state index contributed by atoms with van der Waals surface area (Å²) in [6.07, 6.45) is 0. The lowest BCUT2D eigenvalue weighted by atomic mass is 9.70. The molecule has 10 aromatic rings. The normalized spacial score (nSPS) is 12.9. The van der Waals surface area contributed by atoms with Crippen molar-refractivity contribution in [3.05, 3.63) is 251 Å². The van der Waals surface area contributed by atoms with Gasteiger partial charge in [0.15, 0.2) is 0 Å². The van der Waals surface area contributed by atoms with E-state index in [0.717, 1.165) is 22.7 Å². The first kappa shape index (κ1) is 37.1. The fraction of sp³-hybridized carbons (Fsp3) is 0.0820. The Morgan fingerprint density at radius 2 is 0.762 bits per heavy atom. The van der Waals surface area contributed by atoms with Gasteiger partial charge in [0.05, 0.1) is 5.41 Å². The van der Waals surface area contributed by atoms with Crippen molar-refractivity contribution in [2.24, 2.45) is 0 Å². The molecule has 2 aliphatic carbocycles. The second-order valence-electron chi connectivity index (χ2n) is 17.6. The van der Waals surface area contributed by atoms with Crippen molar-refractivity contribution in [2.45, 2.75) is 33.1 Å². The minimum absolute atomic E-state index is 0.495. The number of anilines is 6. The zero-order chi connectivity index (χ0) is 42.4. The number of hydrogen-bond acceptors (Lipinski definition) is 2. The number of hydrogen-bond donors (Lipinski definition) is 0. The molecule has 10 aromatic carbocycles. The van der Waals surface area contributed by atoms with Crippen molar-refractivity contribution in [3.8, 4) is 22.3 Å². The molecule has 2 aliphatic rings. The summed E-state index contributed by atoms with van der Waals surface area (Å²) in [5.41, 5.74) is 22.0. The van der Waals surface area contributed by atoms with Crippen LogP contribution in [-0.2, 0) is 5.41 Å². The van der Waals surface area contributed by atoms with Crippen LogP contribution in [0.3, 0.4) is 0 Å². The summed E-state index contributed by atoms with van der Waals surface area (Å²) in [5, 5.41) is 4.92. The van der Waals surface area contributed by atoms with Gasteiger partial charge in [-0.3, -0.25) is 0 Å². The summed E-state index contributed by atoms with van der Waals surface area (Å²) in [6, 6.07) is 77.3. The molecule has 0 aliphatic heterocycles. The minimum atomic E-state index is -0.495. The molecule has 0 heterocycles. The molecule has 0 radical (unpaired) electrons. The molecule has 63 heavy (non-hydrogen) atoms. The van der Waals surface area contributed by atoms with E-state index in [0.29, 0.717) is 0 Å². The van der Waals surface area contributed by atoms with E-state index in [-0.39, 0.29) is 0 Å². The summed E-state index contributed by atoms with van der Waals surface area (Å²) in [4.78, 5) is 4.83. The molecule has 2 nitrogen and oxygen atoms in total. The van der Waals surface area contributed by atoms with Gasteiger partial charge in [0.25, 0.3) is 0 Å². The second-order valence-corrected chi connectivity index (χ2v) is 17.6. The molecule has 0 saturated carbocycles. The Morgan fingerprint density at radius 1 is 0.286 bits per heavy atom. The molecule has 0 fully saturated rings. The predicted octanol–water partition coefficient (Wildman–Crippen LogP) is 16.5. The van der Waals surface area contributed by atoms with Crippen LogP contribution in [0.4, 0.5) is 34.1 Å². The van der Waals surface area contributed by atoms with Gasteiger partial charge < -0.3 is 9.80 Å². The molecule has 300 valence electrons. The number of para-hydroxylation sites is 2. The number of benzene rings is 10. The van der Waals surface area contributed by atoms with E-state index in [9.17, 15) is 0 Å². The first-order valence-corrected chi connectivity index (χ1v) is 22.1. The van der Waals surface area contributed by atoms with Crippen molar-refractivity contribution in [2.75, 3.05) is 9.80 Å². The lowest BCUT2D eigenvalue weighted by molar-refractivity contribution is 0.796. The van der Waals surface area contributed by atoms with Crippen LogP contribution in [0.2, 0.25) is 0 Å². The summed E-state index contributed by atoms with van der Waals surface area (Å²) in [5.74, 6) is 0. The number of nitrogens with zero attached hydrogens (tertiary/aromatic N) is 2. The molecular weight excluding hydrogens is 761 g/mol. The van der Waals surface area contributed by atoms with Gasteiger partial charge in [0.1, 0.15) is 0 Å². The zero-order valence-corrected chi connectivity index (χ0v) is 36.0. The molecule has 0 atom stereocenters.